The molecule has 1 heterocycles. The molecule has 0 N–H and O–H groups in total. The van der Waals surface area contributed by atoms with E-state index in [1.165, 1.54) is 0 Å². The summed E-state index contributed by atoms with van der Waals surface area (Å²) in [5.74, 6) is 0. The van der Waals surface area contributed by atoms with Crippen LogP contribution in [0, 0.1) is 25.2 Å². The van der Waals surface area contributed by atoms with Crippen LogP contribution in [0.2, 0.25) is 0 Å². The maximum absolute atomic E-state index is 8.80. The smallest absolute Gasteiger partial charge is 0.0991 e. The average molecular weight is 208 g/mol. The van der Waals surface area contributed by atoms with Gasteiger partial charge in [0.15, 0.2) is 0 Å². The topological polar surface area (TPSA) is 36.7 Å². The zero-order valence-electron chi connectivity index (χ0n) is 9.36. The molecule has 78 valence electrons. The van der Waals surface area contributed by atoms with Crippen molar-refractivity contribution in [2.75, 3.05) is 0 Å². The Hall–Kier alpha value is -2.14. The number of aromatic nitrogens is 1. The van der Waals surface area contributed by atoms with Gasteiger partial charge in [-0.1, -0.05) is 12.1 Å². The van der Waals surface area contributed by atoms with Crippen LogP contribution >= 0.6 is 0 Å². The van der Waals surface area contributed by atoms with E-state index in [2.05, 4.69) is 17.1 Å². The molecule has 0 fully saturated rings. The van der Waals surface area contributed by atoms with Crippen molar-refractivity contribution >= 4 is 0 Å². The SMILES string of the molecule is Cc1ccc(-c2ccc(C#N)cc2C)cn1. The van der Waals surface area contributed by atoms with E-state index in [1.54, 1.807) is 0 Å². The highest BCUT2D eigenvalue weighted by Gasteiger charge is 2.02. The number of nitriles is 1. The second kappa shape index (κ2) is 4.16. The summed E-state index contributed by atoms with van der Waals surface area (Å²) in [4.78, 5) is 4.27. The van der Waals surface area contributed by atoms with Gasteiger partial charge in [-0.15, -0.1) is 0 Å². The van der Waals surface area contributed by atoms with Crippen molar-refractivity contribution in [1.82, 2.24) is 4.98 Å². The average Bonchev–Trinajstić information content (AvgIpc) is 2.30. The summed E-state index contributed by atoms with van der Waals surface area (Å²) >= 11 is 0. The van der Waals surface area contributed by atoms with Crippen molar-refractivity contribution in [1.29, 1.82) is 5.26 Å². The molecule has 0 bridgehead atoms. The van der Waals surface area contributed by atoms with Crippen LogP contribution in [0.4, 0.5) is 0 Å². The van der Waals surface area contributed by atoms with E-state index in [4.69, 9.17) is 5.26 Å². The molecule has 0 radical (unpaired) electrons. The van der Waals surface area contributed by atoms with Crippen LogP contribution in [0.15, 0.2) is 36.5 Å². The molecular weight excluding hydrogens is 196 g/mol. The van der Waals surface area contributed by atoms with Crippen LogP contribution in [0.25, 0.3) is 11.1 Å². The van der Waals surface area contributed by atoms with Crippen LogP contribution in [-0.4, -0.2) is 4.98 Å². The van der Waals surface area contributed by atoms with Gasteiger partial charge in [0.1, 0.15) is 0 Å². The van der Waals surface area contributed by atoms with Gasteiger partial charge in [0, 0.05) is 17.5 Å². The molecule has 0 unspecified atom stereocenters. The van der Waals surface area contributed by atoms with Gasteiger partial charge in [-0.3, -0.25) is 4.98 Å². The molecule has 0 aliphatic carbocycles. The molecule has 0 aliphatic rings. The van der Waals surface area contributed by atoms with Gasteiger partial charge < -0.3 is 0 Å². The highest BCUT2D eigenvalue weighted by Crippen LogP contribution is 2.23. The molecule has 2 aromatic rings. The predicted molar refractivity (Wildman–Crippen MR) is 63.9 cm³/mol. The summed E-state index contributed by atoms with van der Waals surface area (Å²) in [6, 6.07) is 11.9. The minimum atomic E-state index is 0.696. The first kappa shape index (κ1) is 10.4. The molecule has 0 spiro atoms. The van der Waals surface area contributed by atoms with Crippen molar-refractivity contribution in [3.05, 3.63) is 53.3 Å². The Bertz CT molecular complexity index is 548. The molecule has 0 amide bonds. The van der Waals surface area contributed by atoms with Crippen LogP contribution < -0.4 is 0 Å². The van der Waals surface area contributed by atoms with Crippen LogP contribution in [-0.2, 0) is 0 Å². The second-order valence-corrected chi connectivity index (χ2v) is 3.83. The van der Waals surface area contributed by atoms with Gasteiger partial charge in [0.2, 0.25) is 0 Å². The fraction of sp³-hybridized carbons (Fsp3) is 0.143. The van der Waals surface area contributed by atoms with E-state index < -0.39 is 0 Å². The zero-order valence-corrected chi connectivity index (χ0v) is 9.36. The van der Waals surface area contributed by atoms with Gasteiger partial charge in [-0.2, -0.15) is 5.26 Å². The maximum Gasteiger partial charge on any atom is 0.0991 e. The second-order valence-electron chi connectivity index (χ2n) is 3.83. The van der Waals surface area contributed by atoms with Gasteiger partial charge in [0.25, 0.3) is 0 Å². The monoisotopic (exact) mass is 208 g/mol. The Kier molecular flexibility index (Phi) is 2.70. The summed E-state index contributed by atoms with van der Waals surface area (Å²) in [6.07, 6.45) is 1.86. The van der Waals surface area contributed by atoms with Crippen molar-refractivity contribution in [3.63, 3.8) is 0 Å². The summed E-state index contributed by atoms with van der Waals surface area (Å²) in [6.45, 7) is 3.98. The summed E-state index contributed by atoms with van der Waals surface area (Å²) in [7, 11) is 0. The summed E-state index contributed by atoms with van der Waals surface area (Å²) in [5, 5.41) is 8.80. The van der Waals surface area contributed by atoms with Crippen molar-refractivity contribution in [2.24, 2.45) is 0 Å². The Labute approximate surface area is 95.2 Å². The van der Waals surface area contributed by atoms with E-state index in [0.29, 0.717) is 5.56 Å². The lowest BCUT2D eigenvalue weighted by Crippen LogP contribution is -1.87. The first-order valence-electron chi connectivity index (χ1n) is 5.14. The van der Waals surface area contributed by atoms with E-state index in [0.717, 1.165) is 22.4 Å². The standard InChI is InChI=1S/C14H12N2/c1-10-7-12(8-15)4-6-14(10)13-5-3-11(2)16-9-13/h3-7,9H,1-2H3. The van der Waals surface area contributed by atoms with Gasteiger partial charge in [-0.25, -0.2) is 0 Å². The molecule has 0 aliphatic heterocycles. The Morgan fingerprint density at radius 1 is 1.12 bits per heavy atom. The number of benzene rings is 1. The first-order chi connectivity index (χ1) is 7.70. The molecule has 0 saturated heterocycles. The predicted octanol–water partition coefficient (Wildman–Crippen LogP) is 3.24. The van der Waals surface area contributed by atoms with Crippen molar-refractivity contribution in [2.45, 2.75) is 13.8 Å². The number of nitrogens with zero attached hydrogens (tertiary/aromatic N) is 2. The highest BCUT2D eigenvalue weighted by atomic mass is 14.7. The van der Waals surface area contributed by atoms with Crippen molar-refractivity contribution < 1.29 is 0 Å². The molecule has 2 nitrogen and oxygen atoms in total. The third kappa shape index (κ3) is 1.94. The molecule has 0 saturated carbocycles. The third-order valence-electron chi connectivity index (χ3n) is 2.58. The van der Waals surface area contributed by atoms with Gasteiger partial charge >= 0.3 is 0 Å². The number of rotatable bonds is 1. The van der Waals surface area contributed by atoms with Crippen molar-refractivity contribution in [3.8, 4) is 17.2 Å². The Balaban J connectivity index is 2.49. The minimum Gasteiger partial charge on any atom is -0.261 e. The number of hydrogen-bond donors (Lipinski definition) is 0. The molecule has 2 heteroatoms. The highest BCUT2D eigenvalue weighted by molar-refractivity contribution is 5.67. The van der Waals surface area contributed by atoms with Gasteiger partial charge in [-0.05, 0) is 43.2 Å². The van der Waals surface area contributed by atoms with Crippen LogP contribution in [0.5, 0.6) is 0 Å². The Morgan fingerprint density at radius 3 is 2.50 bits per heavy atom. The molecule has 1 aromatic carbocycles. The maximum atomic E-state index is 8.80. The van der Waals surface area contributed by atoms with Crippen LogP contribution in [0.3, 0.4) is 0 Å². The number of aryl methyl sites for hydroxylation is 2. The molecule has 0 atom stereocenters. The third-order valence-corrected chi connectivity index (χ3v) is 2.58. The Morgan fingerprint density at radius 2 is 1.94 bits per heavy atom. The van der Waals surface area contributed by atoms with Gasteiger partial charge in [0.05, 0.1) is 11.6 Å². The number of hydrogen-bond acceptors (Lipinski definition) is 2. The number of pyridine rings is 1. The van der Waals surface area contributed by atoms with Crippen LogP contribution in [0.1, 0.15) is 16.8 Å². The largest absolute Gasteiger partial charge is 0.261 e. The van der Waals surface area contributed by atoms with E-state index in [-0.39, 0.29) is 0 Å². The molecule has 2 rings (SSSR count). The fourth-order valence-electron chi connectivity index (χ4n) is 1.68. The zero-order chi connectivity index (χ0) is 11.5. The quantitative estimate of drug-likeness (QED) is 0.721. The molecule has 16 heavy (non-hydrogen) atoms. The van der Waals surface area contributed by atoms with E-state index in [1.807, 2.05) is 44.3 Å². The molecular formula is C14H12N2. The minimum absolute atomic E-state index is 0.696. The normalized spacial score (nSPS) is 9.81. The lowest BCUT2D eigenvalue weighted by molar-refractivity contribution is 1.20. The van der Waals surface area contributed by atoms with E-state index >= 15 is 0 Å². The molecule has 1 aromatic heterocycles. The first-order valence-corrected chi connectivity index (χ1v) is 5.14. The summed E-state index contributed by atoms with van der Waals surface area (Å²) in [5.41, 5.74) is 5.03. The summed E-state index contributed by atoms with van der Waals surface area (Å²) < 4.78 is 0. The fourth-order valence-corrected chi connectivity index (χ4v) is 1.68. The lowest BCUT2D eigenvalue weighted by atomic mass is 10.00. The lowest BCUT2D eigenvalue weighted by Gasteiger charge is -2.06. The van der Waals surface area contributed by atoms with E-state index in [9.17, 15) is 0 Å².